The molecule has 9 heavy (non-hydrogen) atoms. The molecule has 0 amide bonds. The molecule has 0 aliphatic carbocycles. The van der Waals surface area contributed by atoms with Gasteiger partial charge in [0.2, 0.25) is 0 Å². The molecular formula is C6H13NO2. The minimum Gasteiger partial charge on any atom is -0.396 e. The van der Waals surface area contributed by atoms with E-state index >= 15 is 0 Å². The second-order valence-corrected chi connectivity index (χ2v) is 2.15. The molecular weight excluding hydrogens is 118 g/mol. The number of hydrogen-bond acceptors (Lipinski definition) is 3. The average Bonchev–Trinajstić information content (AvgIpc) is 1.87. The van der Waals surface area contributed by atoms with Crippen molar-refractivity contribution in [2.45, 2.75) is 19.4 Å². The highest BCUT2D eigenvalue weighted by molar-refractivity contribution is 5.59. The lowest BCUT2D eigenvalue weighted by Gasteiger charge is -2.11. The van der Waals surface area contributed by atoms with Crippen LogP contribution in [0.25, 0.3) is 0 Å². The minimum absolute atomic E-state index is 0.00694. The summed E-state index contributed by atoms with van der Waals surface area (Å²) in [4.78, 5) is 0. The fourth-order valence-corrected chi connectivity index (χ4v) is 0.539. The maximum Gasteiger partial charge on any atom is 0.0910 e. The molecule has 0 fully saturated rings. The molecule has 0 saturated carbocycles. The van der Waals surface area contributed by atoms with E-state index in [9.17, 15) is 0 Å². The second kappa shape index (κ2) is 4.47. The number of rotatable bonds is 4. The van der Waals surface area contributed by atoms with Crippen LogP contribution < -0.4 is 0 Å². The Hall–Kier alpha value is -0.410. The van der Waals surface area contributed by atoms with Crippen molar-refractivity contribution < 1.29 is 10.2 Å². The van der Waals surface area contributed by atoms with Crippen LogP contribution in [0.3, 0.4) is 0 Å². The summed E-state index contributed by atoms with van der Waals surface area (Å²) < 4.78 is 0. The van der Waals surface area contributed by atoms with Crippen molar-refractivity contribution >= 4 is 6.21 Å². The fourth-order valence-electron chi connectivity index (χ4n) is 0.539. The zero-order chi connectivity index (χ0) is 7.28. The molecule has 0 radical (unpaired) electrons. The molecule has 0 aromatic rings. The second-order valence-electron chi connectivity index (χ2n) is 2.15. The molecule has 0 heterocycles. The van der Waals surface area contributed by atoms with Crippen molar-refractivity contribution in [1.82, 2.24) is 0 Å². The lowest BCUT2D eigenvalue weighted by molar-refractivity contribution is 0.155. The van der Waals surface area contributed by atoms with Gasteiger partial charge in [-0.15, -0.1) is 0 Å². The van der Waals surface area contributed by atoms with Gasteiger partial charge in [-0.2, -0.15) is 0 Å². The number of aliphatic hydroxyl groups excluding tert-OH is 2. The Morgan fingerprint density at radius 1 is 1.67 bits per heavy atom. The SMILES string of the molecule is CC(CCO)C(O)C=N. The predicted molar refractivity (Wildman–Crippen MR) is 35.7 cm³/mol. The Labute approximate surface area is 54.8 Å². The van der Waals surface area contributed by atoms with Crippen molar-refractivity contribution in [2.75, 3.05) is 6.61 Å². The van der Waals surface area contributed by atoms with E-state index in [1.165, 1.54) is 0 Å². The maximum absolute atomic E-state index is 8.90. The Morgan fingerprint density at radius 3 is 2.56 bits per heavy atom. The van der Waals surface area contributed by atoms with Gasteiger partial charge in [0.05, 0.1) is 6.10 Å². The van der Waals surface area contributed by atoms with E-state index < -0.39 is 6.10 Å². The molecule has 0 spiro atoms. The van der Waals surface area contributed by atoms with Crippen LogP contribution in [0.5, 0.6) is 0 Å². The summed E-state index contributed by atoms with van der Waals surface area (Å²) in [5, 5.41) is 24.0. The van der Waals surface area contributed by atoms with Crippen molar-refractivity contribution in [3.05, 3.63) is 0 Å². The summed E-state index contributed by atoms with van der Waals surface area (Å²) in [5.41, 5.74) is 0. The van der Waals surface area contributed by atoms with E-state index in [1.54, 1.807) is 6.92 Å². The molecule has 0 aromatic carbocycles. The van der Waals surface area contributed by atoms with Crippen LogP contribution in [0, 0.1) is 11.3 Å². The van der Waals surface area contributed by atoms with Crippen molar-refractivity contribution in [3.63, 3.8) is 0 Å². The third-order valence-corrected chi connectivity index (χ3v) is 1.34. The zero-order valence-electron chi connectivity index (χ0n) is 5.54. The number of hydrogen-bond donors (Lipinski definition) is 3. The average molecular weight is 131 g/mol. The van der Waals surface area contributed by atoms with E-state index in [0.29, 0.717) is 6.42 Å². The molecule has 3 nitrogen and oxygen atoms in total. The van der Waals surface area contributed by atoms with Crippen molar-refractivity contribution in [1.29, 1.82) is 5.41 Å². The van der Waals surface area contributed by atoms with Gasteiger partial charge < -0.3 is 15.6 Å². The minimum atomic E-state index is -0.697. The zero-order valence-corrected chi connectivity index (χ0v) is 5.54. The Bertz CT molecular complexity index is 85.1. The highest BCUT2D eigenvalue weighted by Crippen LogP contribution is 2.04. The van der Waals surface area contributed by atoms with Gasteiger partial charge in [-0.3, -0.25) is 0 Å². The van der Waals surface area contributed by atoms with Crippen molar-refractivity contribution in [3.8, 4) is 0 Å². The third kappa shape index (κ3) is 3.21. The van der Waals surface area contributed by atoms with Gasteiger partial charge in [0.1, 0.15) is 0 Å². The van der Waals surface area contributed by atoms with Crippen LogP contribution in [-0.4, -0.2) is 29.1 Å². The molecule has 0 saturated heterocycles. The van der Waals surface area contributed by atoms with Gasteiger partial charge in [-0.1, -0.05) is 6.92 Å². The van der Waals surface area contributed by atoms with E-state index in [1.807, 2.05) is 0 Å². The van der Waals surface area contributed by atoms with E-state index in [0.717, 1.165) is 6.21 Å². The van der Waals surface area contributed by atoms with E-state index in [4.69, 9.17) is 15.6 Å². The van der Waals surface area contributed by atoms with Crippen molar-refractivity contribution in [2.24, 2.45) is 5.92 Å². The summed E-state index contributed by atoms with van der Waals surface area (Å²) in [6.07, 6.45) is 0.841. The van der Waals surface area contributed by atoms with E-state index in [-0.39, 0.29) is 12.5 Å². The topological polar surface area (TPSA) is 64.3 Å². The quantitative estimate of drug-likeness (QED) is 0.471. The van der Waals surface area contributed by atoms with Crippen LogP contribution in [0.2, 0.25) is 0 Å². The first-order chi connectivity index (χ1) is 4.22. The van der Waals surface area contributed by atoms with Gasteiger partial charge in [-0.05, 0) is 12.3 Å². The first-order valence-corrected chi connectivity index (χ1v) is 3.02. The first-order valence-electron chi connectivity index (χ1n) is 3.02. The van der Waals surface area contributed by atoms with Gasteiger partial charge >= 0.3 is 0 Å². The standard InChI is InChI=1S/C6H13NO2/c1-5(2-3-8)6(9)4-7/h4-9H,2-3H2,1H3. The summed E-state index contributed by atoms with van der Waals surface area (Å²) >= 11 is 0. The maximum atomic E-state index is 8.90. The largest absolute Gasteiger partial charge is 0.396 e. The van der Waals surface area contributed by atoms with Crippen LogP contribution in [0.15, 0.2) is 0 Å². The molecule has 54 valence electrons. The number of aliphatic hydroxyl groups is 2. The molecule has 0 aliphatic heterocycles. The Kier molecular flexibility index (Phi) is 4.26. The third-order valence-electron chi connectivity index (χ3n) is 1.34. The van der Waals surface area contributed by atoms with Crippen LogP contribution in [0.1, 0.15) is 13.3 Å². The summed E-state index contributed by atoms with van der Waals surface area (Å²) in [5.74, 6) is -0.00694. The van der Waals surface area contributed by atoms with E-state index in [2.05, 4.69) is 0 Å². The van der Waals surface area contributed by atoms with Crippen LogP contribution >= 0.6 is 0 Å². The van der Waals surface area contributed by atoms with Crippen LogP contribution in [-0.2, 0) is 0 Å². The van der Waals surface area contributed by atoms with Gasteiger partial charge in [0, 0.05) is 12.8 Å². The molecule has 0 rings (SSSR count). The lowest BCUT2D eigenvalue weighted by Crippen LogP contribution is -2.19. The highest BCUT2D eigenvalue weighted by Gasteiger charge is 2.09. The summed E-state index contributed by atoms with van der Waals surface area (Å²) in [6, 6.07) is 0. The summed E-state index contributed by atoms with van der Waals surface area (Å²) in [7, 11) is 0. The van der Waals surface area contributed by atoms with Gasteiger partial charge in [0.25, 0.3) is 0 Å². The molecule has 0 aliphatic rings. The predicted octanol–water partition coefficient (Wildman–Crippen LogP) is 0.0154. The normalized spacial score (nSPS) is 16.8. The Morgan fingerprint density at radius 2 is 2.22 bits per heavy atom. The first kappa shape index (κ1) is 8.59. The molecule has 2 unspecified atom stereocenters. The smallest absolute Gasteiger partial charge is 0.0910 e. The fraction of sp³-hybridized carbons (Fsp3) is 0.833. The number of nitrogens with one attached hydrogen (secondary N) is 1. The molecule has 0 bridgehead atoms. The van der Waals surface area contributed by atoms with Gasteiger partial charge in [0.15, 0.2) is 0 Å². The van der Waals surface area contributed by atoms with Crippen LogP contribution in [0.4, 0.5) is 0 Å². The Balaban J connectivity index is 3.44. The molecule has 3 heteroatoms. The summed E-state index contributed by atoms with van der Waals surface area (Å²) in [6.45, 7) is 1.87. The highest BCUT2D eigenvalue weighted by atomic mass is 16.3. The molecule has 0 aromatic heterocycles. The molecule has 3 N–H and O–H groups in total. The molecule has 2 atom stereocenters. The lowest BCUT2D eigenvalue weighted by atomic mass is 10.0. The van der Waals surface area contributed by atoms with Gasteiger partial charge in [-0.25, -0.2) is 0 Å². The monoisotopic (exact) mass is 131 g/mol.